The van der Waals surface area contributed by atoms with Crippen LogP contribution in [-0.2, 0) is 0 Å². The Morgan fingerprint density at radius 3 is 3.06 bits per heavy atom. The Morgan fingerprint density at radius 2 is 2.28 bits per heavy atom. The smallest absolute Gasteiger partial charge is 0.0457 e. The standard InChI is InChI=1S/C14H15ClN2S/c15-11-3-1-2-10(6-11)14-7-13(9-18-14)17-12-4-5-16-8-12/h1-3,6-7,9,12,16-17H,4-5,8H2/t12-/m1/s1. The van der Waals surface area contributed by atoms with Gasteiger partial charge in [-0.05, 0) is 36.7 Å². The van der Waals surface area contributed by atoms with Gasteiger partial charge >= 0.3 is 0 Å². The lowest BCUT2D eigenvalue weighted by molar-refractivity contribution is 0.794. The first-order valence-electron chi connectivity index (χ1n) is 6.13. The van der Waals surface area contributed by atoms with Crippen LogP contribution in [0.2, 0.25) is 5.02 Å². The molecule has 1 saturated heterocycles. The van der Waals surface area contributed by atoms with E-state index in [1.165, 1.54) is 22.5 Å². The van der Waals surface area contributed by atoms with E-state index in [-0.39, 0.29) is 0 Å². The highest BCUT2D eigenvalue weighted by molar-refractivity contribution is 7.14. The SMILES string of the molecule is Clc1cccc(-c2cc(N[C@@H]3CCNC3)cs2)c1. The molecule has 1 aliphatic heterocycles. The van der Waals surface area contributed by atoms with Gasteiger partial charge in [-0.1, -0.05) is 23.7 Å². The zero-order valence-electron chi connectivity index (χ0n) is 9.95. The molecule has 18 heavy (non-hydrogen) atoms. The van der Waals surface area contributed by atoms with Crippen LogP contribution in [0.5, 0.6) is 0 Å². The lowest BCUT2D eigenvalue weighted by atomic mass is 10.2. The van der Waals surface area contributed by atoms with E-state index in [4.69, 9.17) is 11.6 Å². The van der Waals surface area contributed by atoms with Crippen LogP contribution in [0.4, 0.5) is 5.69 Å². The third kappa shape index (κ3) is 2.69. The molecule has 0 unspecified atom stereocenters. The van der Waals surface area contributed by atoms with Gasteiger partial charge < -0.3 is 10.6 Å². The van der Waals surface area contributed by atoms with Gasteiger partial charge in [0.1, 0.15) is 0 Å². The van der Waals surface area contributed by atoms with Crippen molar-refractivity contribution in [1.82, 2.24) is 5.32 Å². The van der Waals surface area contributed by atoms with E-state index in [9.17, 15) is 0 Å². The second kappa shape index (κ2) is 5.31. The number of nitrogens with one attached hydrogen (secondary N) is 2. The minimum Gasteiger partial charge on any atom is -0.380 e. The van der Waals surface area contributed by atoms with Gasteiger partial charge in [0.05, 0.1) is 0 Å². The molecular formula is C14H15ClN2S. The van der Waals surface area contributed by atoms with Gasteiger partial charge in [-0.2, -0.15) is 0 Å². The lowest BCUT2D eigenvalue weighted by Crippen LogP contribution is -2.21. The fraction of sp³-hybridized carbons (Fsp3) is 0.286. The molecule has 0 bridgehead atoms. The maximum Gasteiger partial charge on any atom is 0.0457 e. The fourth-order valence-corrected chi connectivity index (χ4v) is 3.26. The highest BCUT2D eigenvalue weighted by atomic mass is 35.5. The van der Waals surface area contributed by atoms with Crippen LogP contribution in [0.1, 0.15) is 6.42 Å². The quantitative estimate of drug-likeness (QED) is 0.891. The number of halogens is 1. The third-order valence-electron chi connectivity index (χ3n) is 3.14. The molecule has 1 fully saturated rings. The topological polar surface area (TPSA) is 24.1 Å². The first-order valence-corrected chi connectivity index (χ1v) is 7.39. The molecule has 1 aromatic heterocycles. The minimum atomic E-state index is 0.562. The number of thiophene rings is 1. The summed E-state index contributed by atoms with van der Waals surface area (Å²) in [5.41, 5.74) is 2.40. The van der Waals surface area contributed by atoms with Gasteiger partial charge in [0.15, 0.2) is 0 Å². The summed E-state index contributed by atoms with van der Waals surface area (Å²) < 4.78 is 0. The summed E-state index contributed by atoms with van der Waals surface area (Å²) in [6.45, 7) is 2.17. The van der Waals surface area contributed by atoms with E-state index in [0.29, 0.717) is 6.04 Å². The molecule has 0 aliphatic carbocycles. The second-order valence-electron chi connectivity index (χ2n) is 4.54. The van der Waals surface area contributed by atoms with Crippen LogP contribution >= 0.6 is 22.9 Å². The predicted molar refractivity (Wildman–Crippen MR) is 79.7 cm³/mol. The molecule has 0 amide bonds. The van der Waals surface area contributed by atoms with Crippen molar-refractivity contribution >= 4 is 28.6 Å². The monoisotopic (exact) mass is 278 g/mol. The van der Waals surface area contributed by atoms with Crippen LogP contribution in [-0.4, -0.2) is 19.1 Å². The van der Waals surface area contributed by atoms with E-state index in [1.54, 1.807) is 11.3 Å². The molecule has 0 saturated carbocycles. The van der Waals surface area contributed by atoms with Crippen molar-refractivity contribution in [3.63, 3.8) is 0 Å². The van der Waals surface area contributed by atoms with Gasteiger partial charge in [0.2, 0.25) is 0 Å². The summed E-state index contributed by atoms with van der Waals surface area (Å²) in [5.74, 6) is 0. The Hall–Kier alpha value is -1.03. The van der Waals surface area contributed by atoms with Crippen molar-refractivity contribution in [2.45, 2.75) is 12.5 Å². The first kappa shape index (κ1) is 12.0. The van der Waals surface area contributed by atoms with E-state index in [1.807, 2.05) is 18.2 Å². The van der Waals surface area contributed by atoms with Crippen LogP contribution in [0.15, 0.2) is 35.7 Å². The van der Waals surface area contributed by atoms with Gasteiger partial charge in [0, 0.05) is 33.6 Å². The summed E-state index contributed by atoms with van der Waals surface area (Å²) in [6, 6.07) is 10.8. The molecule has 2 nitrogen and oxygen atoms in total. The Labute approximate surface area is 116 Å². The summed E-state index contributed by atoms with van der Waals surface area (Å²) in [6.07, 6.45) is 1.20. The molecule has 3 rings (SSSR count). The zero-order valence-corrected chi connectivity index (χ0v) is 11.5. The third-order valence-corrected chi connectivity index (χ3v) is 4.35. The van der Waals surface area contributed by atoms with Crippen molar-refractivity contribution < 1.29 is 0 Å². The van der Waals surface area contributed by atoms with Crippen molar-refractivity contribution in [3.8, 4) is 10.4 Å². The number of anilines is 1. The van der Waals surface area contributed by atoms with Gasteiger partial charge in [-0.3, -0.25) is 0 Å². The Bertz CT molecular complexity index is 532. The van der Waals surface area contributed by atoms with Gasteiger partial charge in [0.25, 0.3) is 0 Å². The maximum atomic E-state index is 6.02. The van der Waals surface area contributed by atoms with Crippen LogP contribution < -0.4 is 10.6 Å². The first-order chi connectivity index (χ1) is 8.81. The number of benzene rings is 1. The zero-order chi connectivity index (χ0) is 12.4. The van der Waals surface area contributed by atoms with Crippen molar-refractivity contribution in [2.24, 2.45) is 0 Å². The molecule has 2 aromatic rings. The normalized spacial score (nSPS) is 19.1. The summed E-state index contributed by atoms with van der Waals surface area (Å²) >= 11 is 7.77. The van der Waals surface area contributed by atoms with Crippen molar-refractivity contribution in [1.29, 1.82) is 0 Å². The van der Waals surface area contributed by atoms with Gasteiger partial charge in [-0.25, -0.2) is 0 Å². The minimum absolute atomic E-state index is 0.562. The van der Waals surface area contributed by atoms with E-state index in [2.05, 4.69) is 28.1 Å². The number of hydrogen-bond donors (Lipinski definition) is 2. The number of hydrogen-bond acceptors (Lipinski definition) is 3. The molecule has 2 N–H and O–H groups in total. The molecule has 1 atom stereocenters. The molecular weight excluding hydrogens is 264 g/mol. The van der Waals surface area contributed by atoms with Crippen molar-refractivity contribution in [2.75, 3.05) is 18.4 Å². The molecule has 94 valence electrons. The van der Waals surface area contributed by atoms with Crippen LogP contribution in [0.3, 0.4) is 0 Å². The summed E-state index contributed by atoms with van der Waals surface area (Å²) in [4.78, 5) is 1.26. The molecule has 1 aromatic carbocycles. The van der Waals surface area contributed by atoms with E-state index >= 15 is 0 Å². The predicted octanol–water partition coefficient (Wildman–Crippen LogP) is 3.84. The highest BCUT2D eigenvalue weighted by Crippen LogP contribution is 2.31. The van der Waals surface area contributed by atoms with E-state index < -0.39 is 0 Å². The second-order valence-corrected chi connectivity index (χ2v) is 5.89. The Morgan fingerprint density at radius 1 is 1.33 bits per heavy atom. The molecule has 0 spiro atoms. The number of rotatable bonds is 3. The van der Waals surface area contributed by atoms with Gasteiger partial charge in [-0.15, -0.1) is 11.3 Å². The largest absolute Gasteiger partial charge is 0.380 e. The molecule has 4 heteroatoms. The average Bonchev–Trinajstić information content (AvgIpc) is 3.01. The molecule has 0 radical (unpaired) electrons. The van der Waals surface area contributed by atoms with E-state index in [0.717, 1.165) is 18.1 Å². The highest BCUT2D eigenvalue weighted by Gasteiger charge is 2.14. The average molecular weight is 279 g/mol. The summed E-state index contributed by atoms with van der Waals surface area (Å²) in [5, 5.41) is 9.89. The lowest BCUT2D eigenvalue weighted by Gasteiger charge is -2.10. The van der Waals surface area contributed by atoms with Crippen LogP contribution in [0.25, 0.3) is 10.4 Å². The molecule has 1 aliphatic rings. The van der Waals surface area contributed by atoms with Crippen LogP contribution in [0, 0.1) is 0 Å². The van der Waals surface area contributed by atoms with Crippen molar-refractivity contribution in [3.05, 3.63) is 40.7 Å². The maximum absolute atomic E-state index is 6.02. The Kier molecular flexibility index (Phi) is 3.55. The summed E-state index contributed by atoms with van der Waals surface area (Å²) in [7, 11) is 0. The fourth-order valence-electron chi connectivity index (χ4n) is 2.22. The Balaban J connectivity index is 1.76. The molecule has 2 heterocycles.